The number of fused-ring (bicyclic) bond motifs is 1. The van der Waals surface area contributed by atoms with Crippen LogP contribution in [0.3, 0.4) is 0 Å². The van der Waals surface area contributed by atoms with Gasteiger partial charge in [0.1, 0.15) is 5.52 Å². The van der Waals surface area contributed by atoms with Gasteiger partial charge in [-0.1, -0.05) is 12.1 Å². The molecule has 142 valence electrons. The van der Waals surface area contributed by atoms with Gasteiger partial charge in [0.15, 0.2) is 11.3 Å². The molecule has 27 heavy (non-hydrogen) atoms. The van der Waals surface area contributed by atoms with Gasteiger partial charge in [0.25, 0.3) is 5.56 Å². The van der Waals surface area contributed by atoms with E-state index in [-0.39, 0.29) is 12.1 Å². The number of carbonyl (C=O) groups excluding carboxylic acids is 1. The number of aromatic nitrogens is 2. The number of alkyl halides is 3. The lowest BCUT2D eigenvalue weighted by molar-refractivity contribution is -0.137. The minimum atomic E-state index is -4.47. The van der Waals surface area contributed by atoms with E-state index in [0.717, 1.165) is 23.9 Å². The van der Waals surface area contributed by atoms with Crippen LogP contribution in [0.25, 0.3) is 5.52 Å². The maximum absolute atomic E-state index is 12.7. The molecular weight excluding hydrogens is 433 g/mol. The standard InChI is InChI=1S/C17H12BrF3N2O4/c1-27-16(26)13-14(24)12-6-11(18)8-22(12)23(15(13)25)7-9-2-4-10(5-3-9)17(19,20)21/h2-6,8,24H,7H2,1H3. The van der Waals surface area contributed by atoms with Crippen LogP contribution in [0.5, 0.6) is 5.75 Å². The third-order valence-electron chi connectivity index (χ3n) is 3.96. The highest BCUT2D eigenvalue weighted by molar-refractivity contribution is 9.10. The van der Waals surface area contributed by atoms with Crippen LogP contribution in [0.15, 0.2) is 45.8 Å². The van der Waals surface area contributed by atoms with Gasteiger partial charge in [0.05, 0.1) is 19.2 Å². The van der Waals surface area contributed by atoms with Crippen molar-refractivity contribution in [2.45, 2.75) is 12.7 Å². The number of nitrogens with zero attached hydrogens (tertiary/aromatic N) is 2. The molecule has 0 saturated heterocycles. The lowest BCUT2D eigenvalue weighted by Crippen LogP contribution is -2.31. The zero-order chi connectivity index (χ0) is 19.9. The predicted molar refractivity (Wildman–Crippen MR) is 92.9 cm³/mol. The van der Waals surface area contributed by atoms with Gasteiger partial charge in [0.2, 0.25) is 0 Å². The van der Waals surface area contributed by atoms with E-state index in [1.54, 1.807) is 0 Å². The van der Waals surface area contributed by atoms with Gasteiger partial charge in [-0.2, -0.15) is 13.2 Å². The van der Waals surface area contributed by atoms with Crippen LogP contribution in [0.4, 0.5) is 13.2 Å². The molecule has 0 amide bonds. The molecule has 10 heteroatoms. The van der Waals surface area contributed by atoms with Gasteiger partial charge in [-0.15, -0.1) is 0 Å². The van der Waals surface area contributed by atoms with E-state index in [2.05, 4.69) is 20.7 Å². The Morgan fingerprint density at radius 1 is 1.26 bits per heavy atom. The highest BCUT2D eigenvalue weighted by Gasteiger charge is 2.30. The Morgan fingerprint density at radius 3 is 2.44 bits per heavy atom. The summed E-state index contributed by atoms with van der Waals surface area (Å²) in [5, 5.41) is 10.3. The molecule has 0 saturated carbocycles. The Morgan fingerprint density at radius 2 is 1.89 bits per heavy atom. The Bertz CT molecular complexity index is 1080. The highest BCUT2D eigenvalue weighted by atomic mass is 79.9. The van der Waals surface area contributed by atoms with E-state index >= 15 is 0 Å². The Hall–Kier alpha value is -2.75. The number of ether oxygens (including phenoxy) is 1. The molecule has 1 aromatic carbocycles. The number of esters is 1. The van der Waals surface area contributed by atoms with E-state index < -0.39 is 34.6 Å². The molecule has 1 N–H and O–H groups in total. The Labute approximate surface area is 158 Å². The Kier molecular flexibility index (Phi) is 4.77. The Balaban J connectivity index is 2.16. The molecule has 3 aromatic rings. The van der Waals surface area contributed by atoms with Crippen LogP contribution in [0, 0.1) is 0 Å². The number of aromatic hydroxyl groups is 1. The van der Waals surface area contributed by atoms with Crippen LogP contribution < -0.4 is 5.56 Å². The van der Waals surface area contributed by atoms with E-state index in [1.807, 2.05) is 0 Å². The third kappa shape index (κ3) is 3.44. The van der Waals surface area contributed by atoms with Crippen molar-refractivity contribution < 1.29 is 27.8 Å². The van der Waals surface area contributed by atoms with Gasteiger partial charge >= 0.3 is 12.1 Å². The number of hydrogen-bond donors (Lipinski definition) is 1. The highest BCUT2D eigenvalue weighted by Crippen LogP contribution is 2.29. The van der Waals surface area contributed by atoms with Crippen LogP contribution in [-0.4, -0.2) is 27.4 Å². The lowest BCUT2D eigenvalue weighted by Gasteiger charge is -2.14. The molecule has 0 fully saturated rings. The number of benzene rings is 1. The first-order valence-electron chi connectivity index (χ1n) is 7.51. The van der Waals surface area contributed by atoms with Crippen molar-refractivity contribution >= 4 is 27.4 Å². The van der Waals surface area contributed by atoms with E-state index in [1.165, 1.54) is 28.9 Å². The van der Waals surface area contributed by atoms with Crippen molar-refractivity contribution in [3.05, 3.63) is 68.0 Å². The molecule has 0 spiro atoms. The van der Waals surface area contributed by atoms with Gasteiger partial charge in [-0.3, -0.25) is 9.31 Å². The second-order valence-corrected chi connectivity index (χ2v) is 6.58. The van der Waals surface area contributed by atoms with E-state index in [9.17, 15) is 27.9 Å². The molecule has 0 atom stereocenters. The number of hydrogen-bond acceptors (Lipinski definition) is 4. The fraction of sp³-hybridized carbons (Fsp3) is 0.176. The number of carbonyl (C=O) groups is 1. The average molecular weight is 445 g/mol. The van der Waals surface area contributed by atoms with Crippen molar-refractivity contribution in [1.82, 2.24) is 9.20 Å². The topological polar surface area (TPSA) is 72.9 Å². The summed E-state index contributed by atoms with van der Waals surface area (Å²) in [6.07, 6.45) is -2.98. The fourth-order valence-corrected chi connectivity index (χ4v) is 3.07. The molecule has 0 radical (unpaired) electrons. The summed E-state index contributed by atoms with van der Waals surface area (Å²) in [5.41, 5.74) is -1.64. The van der Waals surface area contributed by atoms with E-state index in [0.29, 0.717) is 10.0 Å². The van der Waals surface area contributed by atoms with Gasteiger partial charge < -0.3 is 9.84 Å². The van der Waals surface area contributed by atoms with Crippen molar-refractivity contribution in [3.63, 3.8) is 0 Å². The first kappa shape index (κ1) is 19.0. The number of methoxy groups -OCH3 is 1. The molecule has 2 heterocycles. The second kappa shape index (κ2) is 6.76. The fourth-order valence-electron chi connectivity index (χ4n) is 2.66. The molecule has 0 bridgehead atoms. The average Bonchev–Trinajstić information content (AvgIpc) is 3.00. The summed E-state index contributed by atoms with van der Waals surface area (Å²) in [5.74, 6) is -1.56. The van der Waals surface area contributed by atoms with Crippen LogP contribution in [-0.2, 0) is 17.5 Å². The van der Waals surface area contributed by atoms with Crippen molar-refractivity contribution in [1.29, 1.82) is 0 Å². The van der Waals surface area contributed by atoms with Crippen molar-refractivity contribution in [3.8, 4) is 5.75 Å². The minimum absolute atomic E-state index is 0.126. The third-order valence-corrected chi connectivity index (χ3v) is 4.39. The maximum Gasteiger partial charge on any atom is 0.416 e. The van der Waals surface area contributed by atoms with Gasteiger partial charge in [-0.25, -0.2) is 9.48 Å². The molecule has 0 aliphatic heterocycles. The van der Waals surface area contributed by atoms with Crippen molar-refractivity contribution in [2.24, 2.45) is 0 Å². The van der Waals surface area contributed by atoms with Crippen LogP contribution >= 0.6 is 15.9 Å². The number of halogens is 4. The zero-order valence-electron chi connectivity index (χ0n) is 13.7. The molecule has 0 unspecified atom stereocenters. The molecule has 3 rings (SSSR count). The molecule has 0 aliphatic rings. The molecule has 0 aliphatic carbocycles. The first-order valence-corrected chi connectivity index (χ1v) is 8.31. The second-order valence-electron chi connectivity index (χ2n) is 5.66. The normalized spacial score (nSPS) is 11.7. The zero-order valence-corrected chi connectivity index (χ0v) is 15.3. The summed E-state index contributed by atoms with van der Waals surface area (Å²) in [6.45, 7) is -0.126. The molecule has 2 aromatic heterocycles. The van der Waals surface area contributed by atoms with Crippen LogP contribution in [0.2, 0.25) is 0 Å². The summed E-state index contributed by atoms with van der Waals surface area (Å²) < 4.78 is 45.6. The first-order chi connectivity index (χ1) is 12.6. The van der Waals surface area contributed by atoms with Gasteiger partial charge in [-0.05, 0) is 39.7 Å². The van der Waals surface area contributed by atoms with Gasteiger partial charge in [0, 0.05) is 10.7 Å². The minimum Gasteiger partial charge on any atom is -0.505 e. The van der Waals surface area contributed by atoms with E-state index in [4.69, 9.17) is 0 Å². The maximum atomic E-state index is 12.7. The quantitative estimate of drug-likeness (QED) is 0.628. The number of rotatable bonds is 3. The summed E-state index contributed by atoms with van der Waals surface area (Å²) in [4.78, 5) is 24.7. The monoisotopic (exact) mass is 444 g/mol. The summed E-state index contributed by atoms with van der Waals surface area (Å²) in [7, 11) is 1.07. The predicted octanol–water partition coefficient (Wildman–Crippen LogP) is 3.42. The summed E-state index contributed by atoms with van der Waals surface area (Å²) >= 11 is 3.22. The largest absolute Gasteiger partial charge is 0.505 e. The molecular formula is C17H12BrF3N2O4. The smallest absolute Gasteiger partial charge is 0.416 e. The van der Waals surface area contributed by atoms with Crippen molar-refractivity contribution in [2.75, 3.05) is 7.11 Å². The SMILES string of the molecule is COC(=O)c1c(O)c2cc(Br)cn2n(Cc2ccc(C(F)(F)F)cc2)c1=O. The lowest BCUT2D eigenvalue weighted by atomic mass is 10.1. The van der Waals surface area contributed by atoms with Crippen LogP contribution in [0.1, 0.15) is 21.5 Å². The summed E-state index contributed by atoms with van der Waals surface area (Å²) in [6, 6.07) is 5.79. The molecule has 6 nitrogen and oxygen atoms in total.